The van der Waals surface area contributed by atoms with Crippen molar-refractivity contribution in [3.8, 4) is 17.6 Å². The minimum Gasteiger partial charge on any atom is -0.454 e. The average molecular weight is 385 g/mol. The molecule has 0 aromatic heterocycles. The number of nitrogens with zero attached hydrogens (tertiary/aromatic N) is 2. The van der Waals surface area contributed by atoms with Crippen LogP contribution in [0.2, 0.25) is 0 Å². The number of ether oxygens (including phenoxy) is 1. The van der Waals surface area contributed by atoms with Gasteiger partial charge >= 0.3 is 0 Å². The SMILES string of the molecule is CCC.CCCCN(CC)c1cc(C#N)cc(SC)c1Oc1ccccc1. The van der Waals surface area contributed by atoms with Crippen LogP contribution >= 0.6 is 11.8 Å². The molecule has 0 saturated heterocycles. The lowest BCUT2D eigenvalue weighted by molar-refractivity contribution is 0.469. The van der Waals surface area contributed by atoms with E-state index in [0.29, 0.717) is 5.56 Å². The standard InChI is InChI=1S/C20H24N2OS.C3H8/c1-4-6-12-22(5-2)18-13-16(15-21)14-19(24-3)20(18)23-17-10-8-7-9-11-17;1-3-2/h7-11,13-14H,4-6,12H2,1-3H3;3H2,1-2H3. The van der Waals surface area contributed by atoms with Gasteiger partial charge in [-0.15, -0.1) is 11.8 Å². The van der Waals surface area contributed by atoms with Gasteiger partial charge in [-0.2, -0.15) is 5.26 Å². The first-order valence-corrected chi connectivity index (χ1v) is 11.0. The van der Waals surface area contributed by atoms with Crippen LogP contribution in [-0.2, 0) is 0 Å². The molecule has 4 heteroatoms. The lowest BCUT2D eigenvalue weighted by Crippen LogP contribution is -2.24. The van der Waals surface area contributed by atoms with Gasteiger partial charge in [0, 0.05) is 13.1 Å². The Morgan fingerprint density at radius 2 is 1.74 bits per heavy atom. The Morgan fingerprint density at radius 1 is 1.07 bits per heavy atom. The fraction of sp³-hybridized carbons (Fsp3) is 0.435. The average Bonchev–Trinajstić information content (AvgIpc) is 2.70. The zero-order valence-corrected chi connectivity index (χ0v) is 18.1. The molecule has 0 amide bonds. The molecule has 0 fully saturated rings. The summed E-state index contributed by atoms with van der Waals surface area (Å²) in [5, 5.41) is 9.37. The predicted octanol–water partition coefficient (Wildman–Crippen LogP) is 7.12. The molecule has 0 unspecified atom stereocenters. The van der Waals surface area contributed by atoms with Gasteiger partial charge in [0.25, 0.3) is 0 Å². The van der Waals surface area contributed by atoms with Crippen molar-refractivity contribution in [2.24, 2.45) is 0 Å². The molecule has 2 aromatic carbocycles. The fourth-order valence-electron chi connectivity index (χ4n) is 2.55. The second-order valence-corrected chi connectivity index (χ2v) is 7.04. The van der Waals surface area contributed by atoms with E-state index < -0.39 is 0 Å². The summed E-state index contributed by atoms with van der Waals surface area (Å²) >= 11 is 1.61. The van der Waals surface area contributed by atoms with Gasteiger partial charge in [0.05, 0.1) is 22.2 Å². The van der Waals surface area contributed by atoms with E-state index in [2.05, 4.69) is 38.7 Å². The molecule has 27 heavy (non-hydrogen) atoms. The highest BCUT2D eigenvalue weighted by Gasteiger charge is 2.17. The molecule has 0 N–H and O–H groups in total. The number of para-hydroxylation sites is 1. The molecule has 3 nitrogen and oxygen atoms in total. The normalized spacial score (nSPS) is 9.78. The first kappa shape index (κ1) is 22.9. The van der Waals surface area contributed by atoms with Crippen molar-refractivity contribution >= 4 is 17.4 Å². The number of rotatable bonds is 8. The summed E-state index contributed by atoms with van der Waals surface area (Å²) in [4.78, 5) is 3.28. The van der Waals surface area contributed by atoms with Gasteiger partial charge in [0.1, 0.15) is 5.75 Å². The zero-order chi connectivity index (χ0) is 20.1. The smallest absolute Gasteiger partial charge is 0.164 e. The minimum absolute atomic E-state index is 0.671. The van der Waals surface area contributed by atoms with E-state index in [1.807, 2.05) is 48.7 Å². The number of hydrogen-bond donors (Lipinski definition) is 0. The van der Waals surface area contributed by atoms with Crippen LogP contribution in [0.4, 0.5) is 5.69 Å². The van der Waals surface area contributed by atoms with Crippen molar-refractivity contribution in [3.05, 3.63) is 48.0 Å². The van der Waals surface area contributed by atoms with Crippen LogP contribution in [-0.4, -0.2) is 19.3 Å². The van der Waals surface area contributed by atoms with Crippen molar-refractivity contribution in [3.63, 3.8) is 0 Å². The van der Waals surface area contributed by atoms with Gasteiger partial charge in [-0.1, -0.05) is 51.8 Å². The molecule has 0 atom stereocenters. The van der Waals surface area contributed by atoms with E-state index in [1.54, 1.807) is 11.8 Å². The van der Waals surface area contributed by atoms with Crippen molar-refractivity contribution in [2.45, 2.75) is 51.9 Å². The summed E-state index contributed by atoms with van der Waals surface area (Å²) in [7, 11) is 0. The van der Waals surface area contributed by atoms with Gasteiger partial charge < -0.3 is 9.64 Å². The second-order valence-electron chi connectivity index (χ2n) is 6.19. The van der Waals surface area contributed by atoms with Gasteiger partial charge in [-0.05, 0) is 43.9 Å². The molecule has 146 valence electrons. The molecule has 0 radical (unpaired) electrons. The van der Waals surface area contributed by atoms with Crippen LogP contribution in [0.3, 0.4) is 0 Å². The molecule has 0 aliphatic carbocycles. The molecular weight excluding hydrogens is 352 g/mol. The number of nitriles is 1. The van der Waals surface area contributed by atoms with E-state index >= 15 is 0 Å². The summed E-state index contributed by atoms with van der Waals surface area (Å²) in [5.41, 5.74) is 1.67. The highest BCUT2D eigenvalue weighted by molar-refractivity contribution is 7.98. The number of thioether (sulfide) groups is 1. The third-order valence-electron chi connectivity index (χ3n) is 3.85. The Bertz CT molecular complexity index is 710. The van der Waals surface area contributed by atoms with Gasteiger partial charge in [-0.3, -0.25) is 0 Å². The van der Waals surface area contributed by atoms with E-state index in [9.17, 15) is 5.26 Å². The maximum Gasteiger partial charge on any atom is 0.164 e. The van der Waals surface area contributed by atoms with Crippen LogP contribution in [0.15, 0.2) is 47.4 Å². The predicted molar refractivity (Wildman–Crippen MR) is 118 cm³/mol. The van der Waals surface area contributed by atoms with Crippen molar-refractivity contribution in [1.82, 2.24) is 0 Å². The Morgan fingerprint density at radius 3 is 2.26 bits per heavy atom. The van der Waals surface area contributed by atoms with Crippen LogP contribution in [0.5, 0.6) is 11.5 Å². The third-order valence-corrected chi connectivity index (χ3v) is 4.59. The van der Waals surface area contributed by atoms with Crippen LogP contribution in [0, 0.1) is 11.3 Å². The molecule has 2 rings (SSSR count). The summed E-state index contributed by atoms with van der Waals surface area (Å²) in [5.74, 6) is 1.65. The highest BCUT2D eigenvalue weighted by Crippen LogP contribution is 2.41. The van der Waals surface area contributed by atoms with E-state index in [0.717, 1.165) is 48.0 Å². The maximum absolute atomic E-state index is 9.37. The Balaban J connectivity index is 0.00000114. The Labute approximate surface area is 169 Å². The molecule has 0 aliphatic rings. The van der Waals surface area contributed by atoms with Crippen molar-refractivity contribution < 1.29 is 4.74 Å². The topological polar surface area (TPSA) is 36.3 Å². The molecule has 0 saturated carbocycles. The molecule has 0 heterocycles. The monoisotopic (exact) mass is 384 g/mol. The molecule has 0 spiro atoms. The fourth-order valence-corrected chi connectivity index (χ4v) is 3.12. The zero-order valence-electron chi connectivity index (χ0n) is 17.3. The van der Waals surface area contributed by atoms with E-state index in [-0.39, 0.29) is 0 Å². The number of hydrogen-bond acceptors (Lipinski definition) is 4. The molecular formula is C23H32N2OS. The van der Waals surface area contributed by atoms with Gasteiger partial charge in [0.15, 0.2) is 5.75 Å². The van der Waals surface area contributed by atoms with Gasteiger partial charge in [0.2, 0.25) is 0 Å². The first-order chi connectivity index (χ1) is 13.1. The van der Waals surface area contributed by atoms with Crippen LogP contribution in [0.25, 0.3) is 0 Å². The third kappa shape index (κ3) is 7.19. The van der Waals surface area contributed by atoms with E-state index in [4.69, 9.17) is 4.74 Å². The van der Waals surface area contributed by atoms with E-state index in [1.165, 1.54) is 6.42 Å². The number of unbranched alkanes of at least 4 members (excludes halogenated alkanes) is 1. The van der Waals surface area contributed by atoms with Crippen molar-refractivity contribution in [2.75, 3.05) is 24.2 Å². The summed E-state index contributed by atoms with van der Waals surface area (Å²) in [6.07, 6.45) is 5.52. The molecule has 0 bridgehead atoms. The lowest BCUT2D eigenvalue weighted by Gasteiger charge is -2.27. The Hall–Kier alpha value is -2.12. The lowest BCUT2D eigenvalue weighted by atomic mass is 10.1. The van der Waals surface area contributed by atoms with Gasteiger partial charge in [-0.25, -0.2) is 0 Å². The largest absolute Gasteiger partial charge is 0.454 e. The minimum atomic E-state index is 0.671. The molecule has 2 aromatic rings. The van der Waals surface area contributed by atoms with Crippen LogP contribution in [0.1, 0.15) is 52.5 Å². The second kappa shape index (κ2) is 13.1. The first-order valence-electron chi connectivity index (χ1n) is 9.74. The number of anilines is 1. The summed E-state index contributed by atoms with van der Waals surface area (Å²) in [6, 6.07) is 15.9. The summed E-state index contributed by atoms with van der Waals surface area (Å²) in [6.45, 7) is 10.4. The quantitative estimate of drug-likeness (QED) is 0.454. The summed E-state index contributed by atoms with van der Waals surface area (Å²) < 4.78 is 6.22. The molecule has 0 aliphatic heterocycles. The van der Waals surface area contributed by atoms with Crippen LogP contribution < -0.4 is 9.64 Å². The highest BCUT2D eigenvalue weighted by atomic mass is 32.2. The number of benzene rings is 2. The van der Waals surface area contributed by atoms with Crippen molar-refractivity contribution in [1.29, 1.82) is 5.26 Å². The maximum atomic E-state index is 9.37. The Kier molecular flexibility index (Phi) is 11.1.